The van der Waals surface area contributed by atoms with Crippen LogP contribution in [0.25, 0.3) is 10.9 Å². The number of nitrogens with one attached hydrogen (secondary N) is 1. The van der Waals surface area contributed by atoms with E-state index in [1.807, 2.05) is 29.3 Å². The van der Waals surface area contributed by atoms with Crippen molar-refractivity contribution in [2.45, 2.75) is 38.1 Å². The minimum absolute atomic E-state index is 0.168. The number of hydrogen-bond acceptors (Lipinski definition) is 5. The van der Waals surface area contributed by atoms with E-state index in [4.69, 9.17) is 9.26 Å². The smallest absolute Gasteiger partial charge is 0.409 e. The summed E-state index contributed by atoms with van der Waals surface area (Å²) in [6.45, 7) is 0.757. The van der Waals surface area contributed by atoms with E-state index in [2.05, 4.69) is 45.5 Å². The number of carbonyl (C=O) groups excluding carboxylic acids is 1. The Morgan fingerprint density at radius 2 is 2.06 bits per heavy atom. The summed E-state index contributed by atoms with van der Waals surface area (Å²) in [5.41, 5.74) is 4.57. The number of likely N-dealkylation sites (tertiary alicyclic amines) is 1. The van der Waals surface area contributed by atoms with E-state index in [0.29, 0.717) is 24.6 Å². The van der Waals surface area contributed by atoms with Crippen LogP contribution >= 0.6 is 0 Å². The highest BCUT2D eigenvalue weighted by Crippen LogP contribution is 2.27. The molecule has 2 aromatic carbocycles. The molecule has 1 N–H and O–H groups in total. The average Bonchev–Trinajstić information content (AvgIpc) is 3.55. The van der Waals surface area contributed by atoms with Crippen LogP contribution in [-0.4, -0.2) is 45.8 Å². The number of benzene rings is 2. The molecular formula is C25H26N4O3. The largest absolute Gasteiger partial charge is 0.453 e. The Bertz CT molecular complexity index is 1210. The van der Waals surface area contributed by atoms with Gasteiger partial charge in [-0.25, -0.2) is 4.79 Å². The average molecular weight is 431 g/mol. The molecule has 164 valence electrons. The molecule has 0 radical (unpaired) electrons. The van der Waals surface area contributed by atoms with E-state index in [1.54, 1.807) is 0 Å². The van der Waals surface area contributed by atoms with Crippen LogP contribution < -0.4 is 0 Å². The first-order valence-corrected chi connectivity index (χ1v) is 11.0. The molecule has 1 atom stereocenters. The molecule has 7 nitrogen and oxygen atoms in total. The highest BCUT2D eigenvalue weighted by Gasteiger charge is 2.30. The SMILES string of the molecule is COC(=O)N1CCC[C@@H]1Cc1c[nH]c2ccc(Cc3nc(Cc4ccccc4)no3)cc12. The number of H-pyrrole nitrogens is 1. The molecule has 0 unspecified atom stereocenters. The van der Waals surface area contributed by atoms with Crippen LogP contribution in [0.1, 0.15) is 41.2 Å². The number of fused-ring (bicyclic) bond motifs is 1. The van der Waals surface area contributed by atoms with Gasteiger partial charge in [0.15, 0.2) is 5.82 Å². The van der Waals surface area contributed by atoms with Gasteiger partial charge in [0.05, 0.1) is 13.5 Å². The molecule has 1 fully saturated rings. The third-order valence-electron chi connectivity index (χ3n) is 6.14. The van der Waals surface area contributed by atoms with Gasteiger partial charge < -0.3 is 19.1 Å². The number of methoxy groups -OCH3 is 1. The number of aromatic amines is 1. The van der Waals surface area contributed by atoms with Crippen LogP contribution in [0.2, 0.25) is 0 Å². The monoisotopic (exact) mass is 430 g/mol. The first-order valence-electron chi connectivity index (χ1n) is 11.0. The summed E-state index contributed by atoms with van der Waals surface area (Å²) in [7, 11) is 1.44. The van der Waals surface area contributed by atoms with Gasteiger partial charge in [-0.2, -0.15) is 4.98 Å². The molecular weight excluding hydrogens is 404 g/mol. The number of ether oxygens (including phenoxy) is 1. The molecule has 0 aliphatic carbocycles. The van der Waals surface area contributed by atoms with E-state index < -0.39 is 0 Å². The minimum atomic E-state index is -0.240. The minimum Gasteiger partial charge on any atom is -0.453 e. The summed E-state index contributed by atoms with van der Waals surface area (Å²) in [6.07, 6.45) is 5.86. The summed E-state index contributed by atoms with van der Waals surface area (Å²) >= 11 is 0. The molecule has 0 saturated carbocycles. The fourth-order valence-corrected chi connectivity index (χ4v) is 4.55. The molecule has 4 aromatic rings. The van der Waals surface area contributed by atoms with Gasteiger partial charge in [-0.3, -0.25) is 0 Å². The number of amides is 1. The number of hydrogen-bond donors (Lipinski definition) is 1. The number of carbonyl (C=O) groups is 1. The molecule has 1 aliphatic rings. The first-order chi connectivity index (χ1) is 15.7. The van der Waals surface area contributed by atoms with Crippen molar-refractivity contribution in [3.8, 4) is 0 Å². The van der Waals surface area contributed by atoms with Gasteiger partial charge in [0.25, 0.3) is 0 Å². The standard InChI is InChI=1S/C25H26N4O3/c1-31-25(30)29-11-5-8-20(29)15-19-16-26-22-10-9-18(12-21(19)22)14-24-27-23(28-32-24)13-17-6-3-2-4-7-17/h2-4,6-7,9-10,12,16,20,26H,5,8,11,13-15H2,1H3/t20-/m1/s1. The van der Waals surface area contributed by atoms with Gasteiger partial charge in [0.1, 0.15) is 0 Å². The molecule has 0 spiro atoms. The molecule has 2 aromatic heterocycles. The zero-order chi connectivity index (χ0) is 21.9. The second kappa shape index (κ2) is 8.86. The third kappa shape index (κ3) is 4.23. The first kappa shape index (κ1) is 20.3. The van der Waals surface area contributed by atoms with Crippen LogP contribution in [-0.2, 0) is 24.0 Å². The lowest BCUT2D eigenvalue weighted by Crippen LogP contribution is -2.36. The van der Waals surface area contributed by atoms with E-state index >= 15 is 0 Å². The van der Waals surface area contributed by atoms with Crippen LogP contribution in [0.15, 0.2) is 59.3 Å². The molecule has 7 heteroatoms. The van der Waals surface area contributed by atoms with Crippen molar-refractivity contribution >= 4 is 17.0 Å². The zero-order valence-corrected chi connectivity index (χ0v) is 18.1. The van der Waals surface area contributed by atoms with E-state index in [9.17, 15) is 4.79 Å². The predicted molar refractivity (Wildman–Crippen MR) is 120 cm³/mol. The summed E-state index contributed by atoms with van der Waals surface area (Å²) in [5.74, 6) is 1.30. The quantitative estimate of drug-likeness (QED) is 0.487. The van der Waals surface area contributed by atoms with E-state index in [0.717, 1.165) is 42.5 Å². The van der Waals surface area contributed by atoms with Crippen molar-refractivity contribution in [2.24, 2.45) is 0 Å². The summed E-state index contributed by atoms with van der Waals surface area (Å²) in [4.78, 5) is 21.8. The predicted octanol–water partition coefficient (Wildman–Crippen LogP) is 4.51. The Balaban J connectivity index is 1.31. The van der Waals surface area contributed by atoms with Crippen LogP contribution in [0, 0.1) is 0 Å². The Kier molecular flexibility index (Phi) is 5.62. The molecule has 5 rings (SSSR count). The van der Waals surface area contributed by atoms with Crippen molar-refractivity contribution in [2.75, 3.05) is 13.7 Å². The summed E-state index contributed by atoms with van der Waals surface area (Å²) < 4.78 is 10.4. The Morgan fingerprint density at radius 3 is 2.91 bits per heavy atom. The summed E-state index contributed by atoms with van der Waals surface area (Å²) in [5, 5.41) is 5.31. The molecule has 1 amide bonds. The van der Waals surface area contributed by atoms with Gasteiger partial charge in [0.2, 0.25) is 5.89 Å². The van der Waals surface area contributed by atoms with E-state index in [-0.39, 0.29) is 12.1 Å². The molecule has 32 heavy (non-hydrogen) atoms. The lowest BCUT2D eigenvalue weighted by atomic mass is 10.0. The second-order valence-corrected chi connectivity index (χ2v) is 8.30. The highest BCUT2D eigenvalue weighted by molar-refractivity contribution is 5.84. The maximum absolute atomic E-state index is 12.1. The van der Waals surface area contributed by atoms with Crippen LogP contribution in [0.4, 0.5) is 4.79 Å². The highest BCUT2D eigenvalue weighted by atomic mass is 16.5. The summed E-state index contributed by atoms with van der Waals surface area (Å²) in [6, 6.07) is 16.7. The molecule has 1 saturated heterocycles. The van der Waals surface area contributed by atoms with Crippen molar-refractivity contribution < 1.29 is 14.1 Å². The fraction of sp³-hybridized carbons (Fsp3) is 0.320. The maximum Gasteiger partial charge on any atom is 0.409 e. The van der Waals surface area contributed by atoms with Crippen molar-refractivity contribution in [1.29, 1.82) is 0 Å². The normalized spacial score (nSPS) is 16.0. The van der Waals surface area contributed by atoms with Crippen molar-refractivity contribution in [3.63, 3.8) is 0 Å². The lowest BCUT2D eigenvalue weighted by molar-refractivity contribution is 0.119. The van der Waals surface area contributed by atoms with Crippen molar-refractivity contribution in [3.05, 3.63) is 83.1 Å². The van der Waals surface area contributed by atoms with Crippen molar-refractivity contribution in [1.82, 2.24) is 20.0 Å². The number of rotatable bonds is 6. The van der Waals surface area contributed by atoms with Gasteiger partial charge in [-0.05, 0) is 48.1 Å². The van der Waals surface area contributed by atoms with E-state index in [1.165, 1.54) is 18.1 Å². The van der Waals surface area contributed by atoms with Gasteiger partial charge in [-0.1, -0.05) is 41.6 Å². The Hall–Kier alpha value is -3.61. The zero-order valence-electron chi connectivity index (χ0n) is 18.1. The van der Waals surface area contributed by atoms with Crippen LogP contribution in [0.3, 0.4) is 0 Å². The lowest BCUT2D eigenvalue weighted by Gasteiger charge is -2.23. The van der Waals surface area contributed by atoms with Gasteiger partial charge in [0, 0.05) is 36.1 Å². The number of nitrogens with zero attached hydrogens (tertiary/aromatic N) is 3. The fourth-order valence-electron chi connectivity index (χ4n) is 4.55. The topological polar surface area (TPSA) is 84.2 Å². The van der Waals surface area contributed by atoms with Crippen LogP contribution in [0.5, 0.6) is 0 Å². The number of aromatic nitrogens is 3. The second-order valence-electron chi connectivity index (χ2n) is 8.30. The van der Waals surface area contributed by atoms with Gasteiger partial charge >= 0.3 is 6.09 Å². The maximum atomic E-state index is 12.1. The molecule has 3 heterocycles. The Labute approximate surface area is 186 Å². The molecule has 0 bridgehead atoms. The molecule has 1 aliphatic heterocycles. The van der Waals surface area contributed by atoms with Gasteiger partial charge in [-0.15, -0.1) is 0 Å². The Morgan fingerprint density at radius 1 is 1.19 bits per heavy atom. The third-order valence-corrected chi connectivity index (χ3v) is 6.14.